The molecule has 0 spiro atoms. The molecule has 0 aliphatic carbocycles. The van der Waals surface area contributed by atoms with Gasteiger partial charge >= 0.3 is 6.18 Å². The van der Waals surface area contributed by atoms with Gasteiger partial charge in [0, 0.05) is 17.0 Å². The summed E-state index contributed by atoms with van der Waals surface area (Å²) in [5.74, 6) is 0. The van der Waals surface area contributed by atoms with E-state index in [1.165, 1.54) is 17.4 Å². The van der Waals surface area contributed by atoms with Gasteiger partial charge in [-0.2, -0.15) is 13.2 Å². The van der Waals surface area contributed by atoms with Gasteiger partial charge in [-0.25, -0.2) is 4.98 Å². The van der Waals surface area contributed by atoms with E-state index in [4.69, 9.17) is 9.47 Å². The first-order valence-electron chi connectivity index (χ1n) is 8.80. The second kappa shape index (κ2) is 9.48. The maximum absolute atomic E-state index is 12.8. The fraction of sp³-hybridized carbons (Fsp3) is 0.526. The predicted octanol–water partition coefficient (Wildman–Crippen LogP) is 6.21. The highest BCUT2D eigenvalue weighted by molar-refractivity contribution is 7.15. The maximum Gasteiger partial charge on any atom is 0.416 e. The lowest BCUT2D eigenvalue weighted by Gasteiger charge is -2.22. The Morgan fingerprint density at radius 1 is 1.27 bits per heavy atom. The first kappa shape index (κ1) is 20.9. The molecule has 3 rings (SSSR count). The summed E-state index contributed by atoms with van der Waals surface area (Å²) in [6, 6.07) is 5.24. The third-order valence-corrected chi connectivity index (χ3v) is 4.94. The van der Waals surface area contributed by atoms with E-state index in [0.29, 0.717) is 23.8 Å². The van der Waals surface area contributed by atoms with E-state index in [1.807, 2.05) is 20.8 Å². The fourth-order valence-corrected chi connectivity index (χ4v) is 3.44. The Hall–Kier alpha value is -1.44. The molecule has 3 nitrogen and oxygen atoms in total. The van der Waals surface area contributed by atoms with Gasteiger partial charge in [0.05, 0.1) is 17.9 Å². The highest BCUT2D eigenvalue weighted by Gasteiger charge is 2.30. The van der Waals surface area contributed by atoms with Crippen molar-refractivity contribution in [2.75, 3.05) is 6.61 Å². The van der Waals surface area contributed by atoms with Crippen molar-refractivity contribution < 1.29 is 22.6 Å². The first-order chi connectivity index (χ1) is 12.4. The molecule has 0 N–H and O–H groups in total. The van der Waals surface area contributed by atoms with Gasteiger partial charge in [0.1, 0.15) is 5.01 Å². The molecule has 0 radical (unpaired) electrons. The van der Waals surface area contributed by atoms with Crippen LogP contribution in [0.2, 0.25) is 0 Å². The number of rotatable bonds is 4. The van der Waals surface area contributed by atoms with Gasteiger partial charge in [0.25, 0.3) is 0 Å². The molecule has 26 heavy (non-hydrogen) atoms. The number of thiazole rings is 1. The first-order valence-corrected chi connectivity index (χ1v) is 9.62. The molecule has 1 aromatic carbocycles. The summed E-state index contributed by atoms with van der Waals surface area (Å²) in [5.41, 5.74) is 0.556. The fourth-order valence-electron chi connectivity index (χ4n) is 2.53. The van der Waals surface area contributed by atoms with Gasteiger partial charge in [0.2, 0.25) is 0 Å². The van der Waals surface area contributed by atoms with Crippen molar-refractivity contribution in [1.82, 2.24) is 4.98 Å². The average Bonchev–Trinajstić information content (AvgIpc) is 3.03. The molecule has 0 bridgehead atoms. The largest absolute Gasteiger partial charge is 0.416 e. The predicted molar refractivity (Wildman–Crippen MR) is 97.0 cm³/mol. The molecular weight excluding hydrogens is 363 g/mol. The van der Waals surface area contributed by atoms with Crippen LogP contribution in [0, 0.1) is 6.92 Å². The third kappa shape index (κ3) is 5.53. The lowest BCUT2D eigenvalue weighted by Crippen LogP contribution is -2.22. The molecule has 1 unspecified atom stereocenters. The zero-order valence-corrected chi connectivity index (χ0v) is 16.0. The minimum absolute atomic E-state index is 0.211. The zero-order chi connectivity index (χ0) is 19.2. The van der Waals surface area contributed by atoms with E-state index >= 15 is 0 Å². The standard InChI is InChI=1S/C17H18F3NO2S.C2H6/c1-11-14(10-23-15-7-2-3-8-22-15)21-16(24-11)12-5-4-6-13(9-12)17(18,19)20;1-2/h4-6,9,15H,2-3,7-8,10H2,1H3;1-2H3. The van der Waals surface area contributed by atoms with Crippen LogP contribution < -0.4 is 0 Å². The van der Waals surface area contributed by atoms with Crippen LogP contribution in [0.4, 0.5) is 13.2 Å². The van der Waals surface area contributed by atoms with Crippen molar-refractivity contribution >= 4 is 11.3 Å². The number of aromatic nitrogens is 1. The van der Waals surface area contributed by atoms with Crippen LogP contribution in [-0.4, -0.2) is 17.9 Å². The van der Waals surface area contributed by atoms with Crippen molar-refractivity contribution in [1.29, 1.82) is 0 Å². The van der Waals surface area contributed by atoms with Gasteiger partial charge in [-0.05, 0) is 38.3 Å². The quantitative estimate of drug-likeness (QED) is 0.625. The Morgan fingerprint density at radius 2 is 2.04 bits per heavy atom. The molecule has 1 aliphatic rings. The number of alkyl halides is 3. The van der Waals surface area contributed by atoms with Gasteiger partial charge in [-0.3, -0.25) is 0 Å². The second-order valence-electron chi connectivity index (χ2n) is 5.71. The van der Waals surface area contributed by atoms with E-state index in [-0.39, 0.29) is 6.29 Å². The van der Waals surface area contributed by atoms with Gasteiger partial charge < -0.3 is 9.47 Å². The molecule has 0 saturated carbocycles. The Morgan fingerprint density at radius 3 is 2.69 bits per heavy atom. The zero-order valence-electron chi connectivity index (χ0n) is 15.2. The molecule has 1 atom stereocenters. The molecule has 1 saturated heterocycles. The van der Waals surface area contributed by atoms with E-state index in [9.17, 15) is 13.2 Å². The van der Waals surface area contributed by atoms with Gasteiger partial charge in [-0.15, -0.1) is 11.3 Å². The van der Waals surface area contributed by atoms with Crippen LogP contribution in [0.25, 0.3) is 10.6 Å². The lowest BCUT2D eigenvalue weighted by molar-refractivity contribution is -0.169. The Kier molecular flexibility index (Phi) is 7.61. The van der Waals surface area contributed by atoms with Crippen molar-refractivity contribution in [2.45, 2.75) is 59.1 Å². The molecule has 7 heteroatoms. The maximum atomic E-state index is 12.8. The van der Waals surface area contributed by atoms with Crippen LogP contribution in [-0.2, 0) is 22.3 Å². The highest BCUT2D eigenvalue weighted by Crippen LogP contribution is 2.34. The summed E-state index contributed by atoms with van der Waals surface area (Å²) in [7, 11) is 0. The molecule has 2 heterocycles. The number of halogens is 3. The molecular formula is C19H24F3NO2S. The number of benzene rings is 1. The Bertz CT molecular complexity index is 694. The van der Waals surface area contributed by atoms with Crippen molar-refractivity contribution in [3.63, 3.8) is 0 Å². The summed E-state index contributed by atoms with van der Waals surface area (Å²) >= 11 is 1.37. The van der Waals surface area contributed by atoms with Gasteiger partial charge in [-0.1, -0.05) is 26.0 Å². The second-order valence-corrected chi connectivity index (χ2v) is 6.91. The highest BCUT2D eigenvalue weighted by atomic mass is 32.1. The lowest BCUT2D eigenvalue weighted by atomic mass is 10.1. The van der Waals surface area contributed by atoms with Crippen LogP contribution in [0.3, 0.4) is 0 Å². The normalized spacial score (nSPS) is 17.5. The summed E-state index contributed by atoms with van der Waals surface area (Å²) in [6.45, 7) is 6.91. The van der Waals surface area contributed by atoms with Crippen molar-refractivity contribution in [3.05, 3.63) is 40.4 Å². The van der Waals surface area contributed by atoms with Crippen molar-refractivity contribution in [3.8, 4) is 10.6 Å². The van der Waals surface area contributed by atoms with Crippen LogP contribution in [0.1, 0.15) is 49.2 Å². The van der Waals surface area contributed by atoms with Gasteiger partial charge in [0.15, 0.2) is 6.29 Å². The van der Waals surface area contributed by atoms with E-state index < -0.39 is 11.7 Å². The summed E-state index contributed by atoms with van der Waals surface area (Å²) < 4.78 is 49.8. The topological polar surface area (TPSA) is 31.4 Å². The summed E-state index contributed by atoms with van der Waals surface area (Å²) in [4.78, 5) is 5.40. The molecule has 0 amide bonds. The molecule has 1 aliphatic heterocycles. The number of nitrogens with zero attached hydrogens (tertiary/aromatic N) is 1. The minimum Gasteiger partial charge on any atom is -0.353 e. The summed E-state index contributed by atoms with van der Waals surface area (Å²) in [6.07, 6.45) is -1.57. The molecule has 1 fully saturated rings. The smallest absolute Gasteiger partial charge is 0.353 e. The Balaban J connectivity index is 0.00000117. The van der Waals surface area contributed by atoms with Crippen molar-refractivity contribution in [2.24, 2.45) is 0 Å². The summed E-state index contributed by atoms with van der Waals surface area (Å²) in [5, 5.41) is 0.571. The SMILES string of the molecule is CC.Cc1sc(-c2cccc(C(F)(F)F)c2)nc1COC1CCCCO1. The van der Waals surface area contributed by atoms with E-state index in [0.717, 1.165) is 42.0 Å². The monoisotopic (exact) mass is 387 g/mol. The minimum atomic E-state index is -4.35. The number of hydrogen-bond donors (Lipinski definition) is 0. The van der Waals surface area contributed by atoms with E-state index in [2.05, 4.69) is 4.98 Å². The molecule has 1 aromatic heterocycles. The molecule has 2 aromatic rings. The molecule has 144 valence electrons. The number of ether oxygens (including phenoxy) is 2. The number of aryl methyl sites for hydroxylation is 1. The Labute approximate surface area is 156 Å². The number of hydrogen-bond acceptors (Lipinski definition) is 4. The van der Waals surface area contributed by atoms with Crippen LogP contribution in [0.5, 0.6) is 0 Å². The third-order valence-electron chi connectivity index (χ3n) is 3.87. The average molecular weight is 387 g/mol. The van der Waals surface area contributed by atoms with Crippen LogP contribution in [0.15, 0.2) is 24.3 Å². The van der Waals surface area contributed by atoms with E-state index in [1.54, 1.807) is 6.07 Å². The van der Waals surface area contributed by atoms with Crippen LogP contribution >= 0.6 is 11.3 Å².